The summed E-state index contributed by atoms with van der Waals surface area (Å²) < 4.78 is 0. The molecule has 2 fully saturated rings. The summed E-state index contributed by atoms with van der Waals surface area (Å²) in [5.41, 5.74) is -0.295. The average molecular weight is 239 g/mol. The van der Waals surface area contributed by atoms with E-state index in [0.717, 1.165) is 25.9 Å². The zero-order valence-corrected chi connectivity index (χ0v) is 10.6. The zero-order valence-electron chi connectivity index (χ0n) is 10.6. The molecule has 0 bridgehead atoms. The van der Waals surface area contributed by atoms with Crippen molar-refractivity contribution in [3.63, 3.8) is 0 Å². The van der Waals surface area contributed by atoms with Gasteiger partial charge in [-0.3, -0.25) is 9.59 Å². The molecular formula is C12H21N3O2. The van der Waals surface area contributed by atoms with Crippen LogP contribution in [0, 0.1) is 5.41 Å². The highest BCUT2D eigenvalue weighted by Gasteiger charge is 2.41. The third-order valence-corrected chi connectivity index (χ3v) is 3.98. The summed E-state index contributed by atoms with van der Waals surface area (Å²) in [6.45, 7) is 6.80. The predicted octanol–water partition coefficient (Wildman–Crippen LogP) is -0.277. The molecule has 0 spiro atoms. The van der Waals surface area contributed by atoms with E-state index in [1.54, 1.807) is 11.8 Å². The maximum Gasteiger partial charge on any atom is 0.242 e. The Bertz CT molecular complexity index is 324. The summed E-state index contributed by atoms with van der Waals surface area (Å²) in [6, 6.07) is -0.331. The lowest BCUT2D eigenvalue weighted by molar-refractivity contribution is -0.151. The normalized spacial score (nSPS) is 28.7. The molecule has 17 heavy (non-hydrogen) atoms. The number of carbonyl (C=O) groups is 2. The van der Waals surface area contributed by atoms with Gasteiger partial charge in [0.2, 0.25) is 11.8 Å². The number of piperidine rings is 1. The molecule has 2 N–H and O–H groups in total. The van der Waals surface area contributed by atoms with Crippen molar-refractivity contribution >= 4 is 11.8 Å². The number of nitrogens with zero attached hydrogens (tertiary/aromatic N) is 1. The van der Waals surface area contributed by atoms with Crippen molar-refractivity contribution in [3.8, 4) is 0 Å². The van der Waals surface area contributed by atoms with Crippen molar-refractivity contribution in [1.29, 1.82) is 0 Å². The van der Waals surface area contributed by atoms with Crippen LogP contribution in [-0.2, 0) is 9.59 Å². The van der Waals surface area contributed by atoms with E-state index in [9.17, 15) is 9.59 Å². The van der Waals surface area contributed by atoms with Crippen LogP contribution in [0.5, 0.6) is 0 Å². The Kier molecular flexibility index (Phi) is 3.38. The molecule has 2 amide bonds. The van der Waals surface area contributed by atoms with Crippen LogP contribution in [0.4, 0.5) is 0 Å². The van der Waals surface area contributed by atoms with Gasteiger partial charge in [-0.2, -0.15) is 0 Å². The fraction of sp³-hybridized carbons (Fsp3) is 0.833. The van der Waals surface area contributed by atoms with Gasteiger partial charge in [0, 0.05) is 18.5 Å². The van der Waals surface area contributed by atoms with Crippen LogP contribution in [0.3, 0.4) is 0 Å². The standard InChI is InChI=1S/C12H21N3O2/c1-9-10(16)14-7-8-15(9)11(17)12(2)3-5-13-6-4-12/h9,13H,3-8H2,1-2H3,(H,14,16). The van der Waals surface area contributed by atoms with Crippen LogP contribution in [0.25, 0.3) is 0 Å². The number of hydrogen-bond donors (Lipinski definition) is 2. The summed E-state index contributed by atoms with van der Waals surface area (Å²) in [5.74, 6) is 0.100. The Morgan fingerprint density at radius 1 is 1.35 bits per heavy atom. The first-order valence-electron chi connectivity index (χ1n) is 6.34. The number of piperazine rings is 1. The molecular weight excluding hydrogens is 218 g/mol. The first-order valence-corrected chi connectivity index (χ1v) is 6.34. The van der Waals surface area contributed by atoms with E-state index in [0.29, 0.717) is 13.1 Å². The fourth-order valence-corrected chi connectivity index (χ4v) is 2.60. The van der Waals surface area contributed by atoms with Gasteiger partial charge in [0.25, 0.3) is 0 Å². The number of carbonyl (C=O) groups excluding carboxylic acids is 2. The minimum Gasteiger partial charge on any atom is -0.353 e. The first kappa shape index (κ1) is 12.4. The van der Waals surface area contributed by atoms with Gasteiger partial charge >= 0.3 is 0 Å². The van der Waals surface area contributed by atoms with Crippen LogP contribution in [-0.4, -0.2) is 48.9 Å². The lowest BCUT2D eigenvalue weighted by Gasteiger charge is -2.41. The molecule has 0 saturated carbocycles. The number of amides is 2. The Labute approximate surface area is 102 Å². The molecule has 0 aliphatic carbocycles. The maximum absolute atomic E-state index is 12.5. The van der Waals surface area contributed by atoms with Gasteiger partial charge < -0.3 is 15.5 Å². The molecule has 2 heterocycles. The Morgan fingerprint density at radius 2 is 2.00 bits per heavy atom. The van der Waals surface area contributed by atoms with Gasteiger partial charge in [0.1, 0.15) is 6.04 Å². The molecule has 2 aliphatic heterocycles. The van der Waals surface area contributed by atoms with Gasteiger partial charge in [-0.25, -0.2) is 0 Å². The molecule has 96 valence electrons. The lowest BCUT2D eigenvalue weighted by atomic mass is 9.79. The third-order valence-electron chi connectivity index (χ3n) is 3.98. The summed E-state index contributed by atoms with van der Waals surface area (Å²) in [7, 11) is 0. The summed E-state index contributed by atoms with van der Waals surface area (Å²) in [5, 5.41) is 6.05. The predicted molar refractivity (Wildman–Crippen MR) is 64.4 cm³/mol. The third kappa shape index (κ3) is 2.29. The highest BCUT2D eigenvalue weighted by atomic mass is 16.2. The molecule has 2 rings (SSSR count). The maximum atomic E-state index is 12.5. The monoisotopic (exact) mass is 239 g/mol. The Hall–Kier alpha value is -1.10. The van der Waals surface area contributed by atoms with Crippen LogP contribution < -0.4 is 10.6 Å². The molecule has 0 aromatic rings. The van der Waals surface area contributed by atoms with E-state index >= 15 is 0 Å². The average Bonchev–Trinajstić information content (AvgIpc) is 2.33. The van der Waals surface area contributed by atoms with Gasteiger partial charge in [-0.15, -0.1) is 0 Å². The molecule has 2 saturated heterocycles. The SMILES string of the molecule is CC1C(=O)NCCN1C(=O)C1(C)CCNCC1. The van der Waals surface area contributed by atoms with Crippen LogP contribution in [0.1, 0.15) is 26.7 Å². The number of nitrogens with one attached hydrogen (secondary N) is 2. The summed E-state index contributed by atoms with van der Waals surface area (Å²) in [6.07, 6.45) is 1.72. The topological polar surface area (TPSA) is 61.4 Å². The van der Waals surface area contributed by atoms with Crippen LogP contribution in [0.15, 0.2) is 0 Å². The molecule has 5 heteroatoms. The first-order chi connectivity index (χ1) is 8.04. The lowest BCUT2D eigenvalue weighted by Crippen LogP contribution is -2.59. The molecule has 0 radical (unpaired) electrons. The Morgan fingerprint density at radius 3 is 2.65 bits per heavy atom. The van der Waals surface area contributed by atoms with Gasteiger partial charge in [-0.1, -0.05) is 6.92 Å². The van der Waals surface area contributed by atoms with E-state index in [1.807, 2.05) is 6.92 Å². The minimum atomic E-state index is -0.331. The largest absolute Gasteiger partial charge is 0.353 e. The highest BCUT2D eigenvalue weighted by Crippen LogP contribution is 2.31. The van der Waals surface area contributed by atoms with Crippen molar-refractivity contribution in [2.75, 3.05) is 26.2 Å². The van der Waals surface area contributed by atoms with E-state index in [-0.39, 0.29) is 23.3 Å². The number of hydrogen-bond acceptors (Lipinski definition) is 3. The second kappa shape index (κ2) is 4.64. The van der Waals surface area contributed by atoms with E-state index in [1.165, 1.54) is 0 Å². The summed E-state index contributed by atoms with van der Waals surface area (Å²) in [4.78, 5) is 25.9. The molecule has 5 nitrogen and oxygen atoms in total. The van der Waals surface area contributed by atoms with Crippen molar-refractivity contribution in [2.45, 2.75) is 32.7 Å². The molecule has 1 atom stereocenters. The molecule has 2 aliphatic rings. The zero-order chi connectivity index (χ0) is 12.5. The Balaban J connectivity index is 2.10. The fourth-order valence-electron chi connectivity index (χ4n) is 2.60. The van der Waals surface area contributed by atoms with Crippen molar-refractivity contribution in [2.24, 2.45) is 5.41 Å². The van der Waals surface area contributed by atoms with E-state index < -0.39 is 0 Å². The van der Waals surface area contributed by atoms with Gasteiger partial charge in [-0.05, 0) is 32.9 Å². The quantitative estimate of drug-likeness (QED) is 0.662. The van der Waals surface area contributed by atoms with Gasteiger partial charge in [0.15, 0.2) is 0 Å². The molecule has 0 aromatic carbocycles. The van der Waals surface area contributed by atoms with E-state index in [4.69, 9.17) is 0 Å². The van der Waals surface area contributed by atoms with Crippen LogP contribution in [0.2, 0.25) is 0 Å². The van der Waals surface area contributed by atoms with E-state index in [2.05, 4.69) is 10.6 Å². The molecule has 1 unspecified atom stereocenters. The highest BCUT2D eigenvalue weighted by molar-refractivity contribution is 5.90. The van der Waals surface area contributed by atoms with Crippen molar-refractivity contribution in [1.82, 2.24) is 15.5 Å². The van der Waals surface area contributed by atoms with Crippen molar-refractivity contribution in [3.05, 3.63) is 0 Å². The minimum absolute atomic E-state index is 0.0397. The second-order valence-corrected chi connectivity index (χ2v) is 5.28. The summed E-state index contributed by atoms with van der Waals surface area (Å²) >= 11 is 0. The van der Waals surface area contributed by atoms with Crippen LogP contribution >= 0.6 is 0 Å². The second-order valence-electron chi connectivity index (χ2n) is 5.28. The van der Waals surface area contributed by atoms with Gasteiger partial charge in [0.05, 0.1) is 0 Å². The molecule has 0 aromatic heterocycles. The van der Waals surface area contributed by atoms with Crippen molar-refractivity contribution < 1.29 is 9.59 Å². The number of rotatable bonds is 1. The smallest absolute Gasteiger partial charge is 0.242 e.